The largest absolute Gasteiger partial charge is 0.486 e. The number of benzene rings is 3. The van der Waals surface area contributed by atoms with Crippen molar-refractivity contribution in [3.8, 4) is 11.5 Å². The van der Waals surface area contributed by atoms with E-state index in [2.05, 4.69) is 36.4 Å². The van der Waals surface area contributed by atoms with Crippen molar-refractivity contribution in [2.45, 2.75) is 25.7 Å². The fourth-order valence-electron chi connectivity index (χ4n) is 3.62. The van der Waals surface area contributed by atoms with E-state index in [1.807, 2.05) is 30.3 Å². The Hall–Kier alpha value is -3.27. The summed E-state index contributed by atoms with van der Waals surface area (Å²) < 4.78 is 16.0. The van der Waals surface area contributed by atoms with Crippen molar-refractivity contribution in [3.05, 3.63) is 94.5 Å². The Balaban J connectivity index is 1.28. The van der Waals surface area contributed by atoms with Gasteiger partial charge in [-0.05, 0) is 72.2 Å². The highest BCUT2D eigenvalue weighted by molar-refractivity contribution is 5.89. The Labute approximate surface area is 177 Å². The molecular weight excluding hydrogens is 376 g/mol. The van der Waals surface area contributed by atoms with Gasteiger partial charge in [0.15, 0.2) is 11.5 Å². The number of carbonyl (C=O) groups excluding carboxylic acids is 1. The van der Waals surface area contributed by atoms with Crippen LogP contribution in [0.4, 0.5) is 0 Å². The molecule has 1 heterocycles. The first-order valence-electron chi connectivity index (χ1n) is 10.3. The van der Waals surface area contributed by atoms with Crippen LogP contribution in [0.5, 0.6) is 11.5 Å². The Morgan fingerprint density at radius 3 is 1.73 bits per heavy atom. The molecule has 3 aromatic rings. The number of aryl methyl sites for hydroxylation is 4. The van der Waals surface area contributed by atoms with E-state index in [4.69, 9.17) is 14.2 Å². The predicted molar refractivity (Wildman–Crippen MR) is 116 cm³/mol. The lowest BCUT2D eigenvalue weighted by atomic mass is 10.00. The van der Waals surface area contributed by atoms with Gasteiger partial charge < -0.3 is 14.2 Å². The number of rotatable bonds is 7. The molecule has 0 aromatic heterocycles. The van der Waals surface area contributed by atoms with E-state index in [0.717, 1.165) is 37.2 Å². The van der Waals surface area contributed by atoms with E-state index >= 15 is 0 Å². The molecule has 0 saturated carbocycles. The standard InChI is InChI=1S/C26H26O4/c1-28-26(27)23-13-10-21(11-14-23)7-6-19-2-4-20(5-3-19)8-9-22-12-15-24-25(18-22)30-17-16-29-24/h2-5,10-15,18H,6-9,16-17H2,1H3. The van der Waals surface area contributed by atoms with Gasteiger partial charge in [0.2, 0.25) is 0 Å². The highest BCUT2D eigenvalue weighted by atomic mass is 16.6. The number of hydrogen-bond donors (Lipinski definition) is 0. The van der Waals surface area contributed by atoms with Crippen LogP contribution in [0.25, 0.3) is 0 Å². The van der Waals surface area contributed by atoms with Crippen molar-refractivity contribution < 1.29 is 19.0 Å². The van der Waals surface area contributed by atoms with Crippen LogP contribution in [0.1, 0.15) is 32.6 Å². The summed E-state index contributed by atoms with van der Waals surface area (Å²) in [6.07, 6.45) is 3.88. The molecule has 0 fully saturated rings. The summed E-state index contributed by atoms with van der Waals surface area (Å²) >= 11 is 0. The van der Waals surface area contributed by atoms with Gasteiger partial charge in [-0.15, -0.1) is 0 Å². The third-order valence-corrected chi connectivity index (χ3v) is 5.41. The zero-order valence-corrected chi connectivity index (χ0v) is 17.2. The SMILES string of the molecule is COC(=O)c1ccc(CCc2ccc(CCc3ccc4c(c3)OCCO4)cc2)cc1. The summed E-state index contributed by atoms with van der Waals surface area (Å²) in [5, 5.41) is 0. The first kappa shape index (κ1) is 20.0. The van der Waals surface area contributed by atoms with Crippen molar-refractivity contribution >= 4 is 5.97 Å². The fourth-order valence-corrected chi connectivity index (χ4v) is 3.62. The van der Waals surface area contributed by atoms with Crippen molar-refractivity contribution in [1.82, 2.24) is 0 Å². The van der Waals surface area contributed by atoms with Gasteiger partial charge in [0.25, 0.3) is 0 Å². The van der Waals surface area contributed by atoms with Gasteiger partial charge in [-0.2, -0.15) is 0 Å². The maximum Gasteiger partial charge on any atom is 0.337 e. The second-order valence-electron chi connectivity index (χ2n) is 7.48. The molecule has 4 heteroatoms. The summed E-state index contributed by atoms with van der Waals surface area (Å²) in [5.41, 5.74) is 5.71. The Morgan fingerprint density at radius 1 is 0.700 bits per heavy atom. The molecule has 0 amide bonds. The lowest BCUT2D eigenvalue weighted by molar-refractivity contribution is 0.0600. The predicted octanol–water partition coefficient (Wildman–Crippen LogP) is 4.81. The van der Waals surface area contributed by atoms with Gasteiger partial charge in [-0.1, -0.05) is 42.5 Å². The quantitative estimate of drug-likeness (QED) is 0.532. The molecule has 0 radical (unpaired) electrons. The molecule has 0 atom stereocenters. The van der Waals surface area contributed by atoms with Crippen LogP contribution in [0.3, 0.4) is 0 Å². The molecule has 0 bridgehead atoms. The van der Waals surface area contributed by atoms with Gasteiger partial charge >= 0.3 is 5.97 Å². The normalized spacial score (nSPS) is 12.4. The maximum absolute atomic E-state index is 11.5. The Morgan fingerprint density at radius 2 is 1.17 bits per heavy atom. The first-order chi connectivity index (χ1) is 14.7. The topological polar surface area (TPSA) is 44.8 Å². The fraction of sp³-hybridized carbons (Fsp3) is 0.269. The number of carbonyl (C=O) groups is 1. The first-order valence-corrected chi connectivity index (χ1v) is 10.3. The number of hydrogen-bond acceptors (Lipinski definition) is 4. The Bertz CT molecular complexity index is 991. The number of methoxy groups -OCH3 is 1. The molecule has 1 aliphatic rings. The Kier molecular flexibility index (Phi) is 6.33. The molecule has 3 aromatic carbocycles. The molecule has 4 nitrogen and oxygen atoms in total. The third-order valence-electron chi connectivity index (χ3n) is 5.41. The van der Waals surface area contributed by atoms with E-state index in [9.17, 15) is 4.79 Å². The summed E-state index contributed by atoms with van der Waals surface area (Å²) in [5.74, 6) is 1.40. The van der Waals surface area contributed by atoms with E-state index in [0.29, 0.717) is 18.8 Å². The minimum Gasteiger partial charge on any atom is -0.486 e. The monoisotopic (exact) mass is 402 g/mol. The molecular formula is C26H26O4. The summed E-state index contributed by atoms with van der Waals surface area (Å²) in [7, 11) is 1.40. The zero-order valence-electron chi connectivity index (χ0n) is 17.2. The van der Waals surface area contributed by atoms with Crippen molar-refractivity contribution in [1.29, 1.82) is 0 Å². The molecule has 0 saturated heterocycles. The number of esters is 1. The van der Waals surface area contributed by atoms with Crippen LogP contribution in [-0.2, 0) is 30.4 Å². The zero-order chi connectivity index (χ0) is 20.8. The minimum atomic E-state index is -0.298. The summed E-state index contributed by atoms with van der Waals surface area (Å²) in [6.45, 7) is 1.24. The van der Waals surface area contributed by atoms with Crippen molar-refractivity contribution in [2.24, 2.45) is 0 Å². The van der Waals surface area contributed by atoms with Gasteiger partial charge in [0.05, 0.1) is 12.7 Å². The van der Waals surface area contributed by atoms with Gasteiger partial charge in [-0.3, -0.25) is 0 Å². The molecule has 0 aliphatic carbocycles. The maximum atomic E-state index is 11.5. The average Bonchev–Trinajstić information content (AvgIpc) is 2.81. The van der Waals surface area contributed by atoms with E-state index in [1.54, 1.807) is 0 Å². The molecule has 0 spiro atoms. The van der Waals surface area contributed by atoms with Crippen LogP contribution >= 0.6 is 0 Å². The van der Waals surface area contributed by atoms with Gasteiger partial charge in [0.1, 0.15) is 13.2 Å². The lowest BCUT2D eigenvalue weighted by Crippen LogP contribution is -2.15. The van der Waals surface area contributed by atoms with Crippen LogP contribution < -0.4 is 9.47 Å². The van der Waals surface area contributed by atoms with Crippen LogP contribution in [-0.4, -0.2) is 26.3 Å². The summed E-state index contributed by atoms with van der Waals surface area (Å²) in [6, 6.07) is 22.7. The second-order valence-corrected chi connectivity index (χ2v) is 7.48. The van der Waals surface area contributed by atoms with Gasteiger partial charge in [-0.25, -0.2) is 4.79 Å². The van der Waals surface area contributed by atoms with Crippen molar-refractivity contribution in [3.63, 3.8) is 0 Å². The molecule has 154 valence electrons. The van der Waals surface area contributed by atoms with Crippen LogP contribution in [0, 0.1) is 0 Å². The van der Waals surface area contributed by atoms with Crippen molar-refractivity contribution in [2.75, 3.05) is 20.3 Å². The van der Waals surface area contributed by atoms with E-state index in [1.165, 1.54) is 29.4 Å². The molecule has 0 N–H and O–H groups in total. The highest BCUT2D eigenvalue weighted by Gasteiger charge is 2.11. The number of ether oxygens (including phenoxy) is 3. The second kappa shape index (κ2) is 9.49. The van der Waals surface area contributed by atoms with E-state index < -0.39 is 0 Å². The summed E-state index contributed by atoms with van der Waals surface area (Å²) in [4.78, 5) is 11.5. The number of fused-ring (bicyclic) bond motifs is 1. The van der Waals surface area contributed by atoms with Crippen LogP contribution in [0.15, 0.2) is 66.7 Å². The third kappa shape index (κ3) is 5.01. The average molecular weight is 402 g/mol. The smallest absolute Gasteiger partial charge is 0.337 e. The minimum absolute atomic E-state index is 0.298. The lowest BCUT2D eigenvalue weighted by Gasteiger charge is -2.18. The molecule has 4 rings (SSSR count). The highest BCUT2D eigenvalue weighted by Crippen LogP contribution is 2.31. The molecule has 1 aliphatic heterocycles. The van der Waals surface area contributed by atoms with Gasteiger partial charge in [0, 0.05) is 0 Å². The van der Waals surface area contributed by atoms with E-state index in [-0.39, 0.29) is 5.97 Å². The van der Waals surface area contributed by atoms with Crippen LogP contribution in [0.2, 0.25) is 0 Å². The molecule has 0 unspecified atom stereocenters. The molecule has 30 heavy (non-hydrogen) atoms.